The van der Waals surface area contributed by atoms with E-state index in [1.165, 1.54) is 36.0 Å². The van der Waals surface area contributed by atoms with Crippen LogP contribution in [0.3, 0.4) is 0 Å². The molecule has 18 heavy (non-hydrogen) atoms. The molecule has 92 valence electrons. The molecule has 1 aliphatic carbocycles. The standard InChI is InChI=1S/C16H16BrN/c17-15-7-2-1-6-14(15)16(18)13-9-8-11-4-3-5-12(11)10-13/h1-2,6-10,16H,3-5,18H2. The quantitative estimate of drug-likeness (QED) is 0.892. The van der Waals surface area contributed by atoms with Crippen LogP contribution in [0.2, 0.25) is 0 Å². The molecule has 1 aliphatic rings. The molecule has 0 heterocycles. The lowest BCUT2D eigenvalue weighted by molar-refractivity contribution is 0.862. The lowest BCUT2D eigenvalue weighted by atomic mass is 9.96. The highest BCUT2D eigenvalue weighted by atomic mass is 79.9. The molecule has 2 aromatic rings. The summed E-state index contributed by atoms with van der Waals surface area (Å²) in [5, 5.41) is 0. The van der Waals surface area contributed by atoms with Gasteiger partial charge < -0.3 is 5.73 Å². The molecule has 0 saturated carbocycles. The van der Waals surface area contributed by atoms with Gasteiger partial charge in [0, 0.05) is 4.47 Å². The maximum absolute atomic E-state index is 6.38. The predicted molar refractivity (Wildman–Crippen MR) is 78.6 cm³/mol. The molecule has 0 bridgehead atoms. The minimum absolute atomic E-state index is 0.0496. The molecule has 0 saturated heterocycles. The van der Waals surface area contributed by atoms with Crippen LogP contribution in [0.1, 0.15) is 34.7 Å². The zero-order valence-electron chi connectivity index (χ0n) is 10.2. The Morgan fingerprint density at radius 3 is 2.61 bits per heavy atom. The molecule has 2 heteroatoms. The van der Waals surface area contributed by atoms with Crippen molar-refractivity contribution in [3.63, 3.8) is 0 Å². The van der Waals surface area contributed by atoms with Crippen molar-refractivity contribution in [3.8, 4) is 0 Å². The van der Waals surface area contributed by atoms with E-state index in [4.69, 9.17) is 5.73 Å². The molecule has 1 atom stereocenters. The van der Waals surface area contributed by atoms with E-state index in [0.29, 0.717) is 0 Å². The summed E-state index contributed by atoms with van der Waals surface area (Å²) in [4.78, 5) is 0. The molecule has 2 aromatic carbocycles. The number of hydrogen-bond donors (Lipinski definition) is 1. The maximum Gasteiger partial charge on any atom is 0.0562 e. The van der Waals surface area contributed by atoms with E-state index < -0.39 is 0 Å². The highest BCUT2D eigenvalue weighted by molar-refractivity contribution is 9.10. The second-order valence-electron chi connectivity index (χ2n) is 4.88. The second-order valence-corrected chi connectivity index (χ2v) is 5.74. The average molecular weight is 302 g/mol. The lowest BCUT2D eigenvalue weighted by Crippen LogP contribution is -2.12. The zero-order chi connectivity index (χ0) is 12.5. The summed E-state index contributed by atoms with van der Waals surface area (Å²) < 4.78 is 1.08. The van der Waals surface area contributed by atoms with Gasteiger partial charge in [0.25, 0.3) is 0 Å². The van der Waals surface area contributed by atoms with Crippen LogP contribution in [0.15, 0.2) is 46.9 Å². The number of aryl methyl sites for hydroxylation is 2. The third-order valence-corrected chi connectivity index (χ3v) is 4.44. The summed E-state index contributed by atoms with van der Waals surface area (Å²) in [6.07, 6.45) is 3.70. The highest BCUT2D eigenvalue weighted by Crippen LogP contribution is 2.30. The molecule has 0 aliphatic heterocycles. The van der Waals surface area contributed by atoms with Gasteiger partial charge in [-0.1, -0.05) is 52.3 Å². The largest absolute Gasteiger partial charge is 0.320 e. The SMILES string of the molecule is NC(c1ccc2c(c1)CCC2)c1ccccc1Br. The van der Waals surface area contributed by atoms with Gasteiger partial charge in [-0.2, -0.15) is 0 Å². The van der Waals surface area contributed by atoms with Crippen molar-refractivity contribution in [2.45, 2.75) is 25.3 Å². The molecule has 0 radical (unpaired) electrons. The zero-order valence-corrected chi connectivity index (χ0v) is 11.8. The Kier molecular flexibility index (Phi) is 3.23. The van der Waals surface area contributed by atoms with Crippen LogP contribution >= 0.6 is 15.9 Å². The molecule has 3 rings (SSSR count). The summed E-state index contributed by atoms with van der Waals surface area (Å²) in [6, 6.07) is 14.8. The van der Waals surface area contributed by atoms with Crippen LogP contribution < -0.4 is 5.73 Å². The molecule has 0 fully saturated rings. The number of fused-ring (bicyclic) bond motifs is 1. The number of benzene rings is 2. The number of rotatable bonds is 2. The Balaban J connectivity index is 1.98. The van der Waals surface area contributed by atoms with Gasteiger partial charge in [-0.15, -0.1) is 0 Å². The van der Waals surface area contributed by atoms with E-state index in [1.807, 2.05) is 18.2 Å². The first-order chi connectivity index (χ1) is 8.75. The van der Waals surface area contributed by atoms with Crippen LogP contribution in [0.4, 0.5) is 0 Å². The molecule has 2 N–H and O–H groups in total. The van der Waals surface area contributed by atoms with E-state index >= 15 is 0 Å². The average Bonchev–Trinajstić information content (AvgIpc) is 2.85. The van der Waals surface area contributed by atoms with Crippen molar-refractivity contribution in [1.82, 2.24) is 0 Å². The second kappa shape index (κ2) is 4.87. The van der Waals surface area contributed by atoms with E-state index in [2.05, 4.69) is 40.2 Å². The minimum Gasteiger partial charge on any atom is -0.320 e. The molecule has 0 aromatic heterocycles. The van der Waals surface area contributed by atoms with Crippen molar-refractivity contribution in [3.05, 3.63) is 69.2 Å². The Labute approximate surface area is 116 Å². The fraction of sp³-hybridized carbons (Fsp3) is 0.250. The van der Waals surface area contributed by atoms with Crippen molar-refractivity contribution >= 4 is 15.9 Å². The van der Waals surface area contributed by atoms with Gasteiger partial charge in [-0.25, -0.2) is 0 Å². The normalized spacial score (nSPS) is 15.4. The predicted octanol–water partition coefficient (Wildman–Crippen LogP) is 3.99. The lowest BCUT2D eigenvalue weighted by Gasteiger charge is -2.15. The molecule has 0 spiro atoms. The summed E-state index contributed by atoms with van der Waals surface area (Å²) in [7, 11) is 0. The molecular formula is C16H16BrN. The van der Waals surface area contributed by atoms with Gasteiger partial charge in [-0.3, -0.25) is 0 Å². The number of nitrogens with two attached hydrogens (primary N) is 1. The smallest absolute Gasteiger partial charge is 0.0562 e. The summed E-state index contributed by atoms with van der Waals surface area (Å²) >= 11 is 3.58. The van der Waals surface area contributed by atoms with Gasteiger partial charge in [0.1, 0.15) is 0 Å². The fourth-order valence-electron chi connectivity index (χ4n) is 2.69. The van der Waals surface area contributed by atoms with E-state index in [9.17, 15) is 0 Å². The van der Waals surface area contributed by atoms with Gasteiger partial charge in [0.05, 0.1) is 6.04 Å². The Morgan fingerprint density at radius 2 is 1.78 bits per heavy atom. The van der Waals surface area contributed by atoms with E-state index in [0.717, 1.165) is 10.0 Å². The summed E-state index contributed by atoms with van der Waals surface area (Å²) in [6.45, 7) is 0. The van der Waals surface area contributed by atoms with Crippen molar-refractivity contribution in [2.24, 2.45) is 5.73 Å². The molecule has 0 amide bonds. The summed E-state index contributed by atoms with van der Waals surface area (Å²) in [5.74, 6) is 0. The topological polar surface area (TPSA) is 26.0 Å². The van der Waals surface area contributed by atoms with Crippen LogP contribution in [0, 0.1) is 0 Å². The summed E-state index contributed by atoms with van der Waals surface area (Å²) in [5.41, 5.74) is 11.7. The molecular weight excluding hydrogens is 286 g/mol. The van der Waals surface area contributed by atoms with Crippen LogP contribution in [0.5, 0.6) is 0 Å². The highest BCUT2D eigenvalue weighted by Gasteiger charge is 2.16. The Morgan fingerprint density at radius 1 is 1.00 bits per heavy atom. The van der Waals surface area contributed by atoms with Gasteiger partial charge in [-0.05, 0) is 47.6 Å². The first kappa shape index (κ1) is 11.9. The van der Waals surface area contributed by atoms with Gasteiger partial charge in [0.15, 0.2) is 0 Å². The molecule has 1 nitrogen and oxygen atoms in total. The monoisotopic (exact) mass is 301 g/mol. The molecule has 1 unspecified atom stereocenters. The fourth-order valence-corrected chi connectivity index (χ4v) is 3.22. The van der Waals surface area contributed by atoms with Crippen molar-refractivity contribution in [2.75, 3.05) is 0 Å². The Hall–Kier alpha value is -1.12. The van der Waals surface area contributed by atoms with E-state index in [1.54, 1.807) is 0 Å². The Bertz CT molecular complexity index is 577. The maximum atomic E-state index is 6.38. The third-order valence-electron chi connectivity index (χ3n) is 3.72. The van der Waals surface area contributed by atoms with Gasteiger partial charge >= 0.3 is 0 Å². The van der Waals surface area contributed by atoms with Crippen molar-refractivity contribution in [1.29, 1.82) is 0 Å². The first-order valence-corrected chi connectivity index (χ1v) is 7.17. The van der Waals surface area contributed by atoms with Crippen molar-refractivity contribution < 1.29 is 0 Å². The number of halogens is 1. The van der Waals surface area contributed by atoms with Crippen LogP contribution in [-0.4, -0.2) is 0 Å². The van der Waals surface area contributed by atoms with E-state index in [-0.39, 0.29) is 6.04 Å². The van der Waals surface area contributed by atoms with Gasteiger partial charge in [0.2, 0.25) is 0 Å². The third kappa shape index (κ3) is 2.11. The minimum atomic E-state index is -0.0496. The first-order valence-electron chi connectivity index (χ1n) is 6.37. The van der Waals surface area contributed by atoms with Crippen LogP contribution in [-0.2, 0) is 12.8 Å². The van der Waals surface area contributed by atoms with Crippen LogP contribution in [0.25, 0.3) is 0 Å². The number of hydrogen-bond acceptors (Lipinski definition) is 1.